The van der Waals surface area contributed by atoms with Crippen LogP contribution in [0.4, 0.5) is 5.69 Å². The summed E-state index contributed by atoms with van der Waals surface area (Å²) in [5.74, 6) is 1.81. The van der Waals surface area contributed by atoms with Gasteiger partial charge in [0, 0.05) is 28.5 Å². The Labute approximate surface area is 225 Å². The van der Waals surface area contributed by atoms with Crippen molar-refractivity contribution in [3.63, 3.8) is 0 Å². The molecule has 0 spiro atoms. The van der Waals surface area contributed by atoms with Crippen molar-refractivity contribution in [1.29, 1.82) is 0 Å². The molecule has 4 aromatic rings. The third-order valence-corrected chi connectivity index (χ3v) is 8.14. The van der Waals surface area contributed by atoms with Crippen molar-refractivity contribution in [1.82, 2.24) is 15.5 Å². The van der Waals surface area contributed by atoms with Crippen molar-refractivity contribution in [2.75, 3.05) is 19.5 Å². The van der Waals surface area contributed by atoms with Crippen LogP contribution in [0.25, 0.3) is 11.5 Å². The first kappa shape index (κ1) is 24.5. The van der Waals surface area contributed by atoms with Crippen LogP contribution in [0.5, 0.6) is 5.75 Å². The minimum absolute atomic E-state index is 0.103. The maximum Gasteiger partial charge on any atom is 0.322 e. The smallest absolute Gasteiger partial charge is 0.322 e. The van der Waals surface area contributed by atoms with Gasteiger partial charge in [0.05, 0.1) is 26.3 Å². The van der Waals surface area contributed by atoms with Crippen LogP contribution in [-0.4, -0.2) is 42.5 Å². The number of methoxy groups -OCH3 is 2. The highest BCUT2D eigenvalue weighted by Gasteiger charge is 2.45. The van der Waals surface area contributed by atoms with E-state index in [2.05, 4.69) is 51.2 Å². The lowest BCUT2D eigenvalue weighted by atomic mass is 9.79. The topological polar surface area (TPSA) is 98.5 Å². The number of piperidine rings is 1. The molecule has 0 unspecified atom stereocenters. The molecule has 6 rings (SSSR count). The number of rotatable bonds is 7. The first-order valence-corrected chi connectivity index (χ1v) is 13.5. The SMILES string of the molecule is COC(=O)[C@@H]1C[C@H]2c3ccccc3N[C@@H]2[C@H](c2ccc(OC)c(CSc3nnc(-c4ccccc4)o3)c2)N1. The van der Waals surface area contributed by atoms with Crippen molar-refractivity contribution < 1.29 is 18.7 Å². The van der Waals surface area contributed by atoms with Gasteiger partial charge < -0.3 is 19.2 Å². The largest absolute Gasteiger partial charge is 0.496 e. The molecule has 3 heterocycles. The second-order valence-electron chi connectivity index (χ2n) is 9.42. The van der Waals surface area contributed by atoms with E-state index in [0.29, 0.717) is 23.3 Å². The molecule has 8 nitrogen and oxygen atoms in total. The summed E-state index contributed by atoms with van der Waals surface area (Å²) in [5, 5.41) is 16.2. The van der Waals surface area contributed by atoms with Crippen LogP contribution in [-0.2, 0) is 15.3 Å². The standard InChI is InChI=1S/C29H28N4O4S/c1-35-24-13-12-18(14-19(24)16-38-29-33-32-27(37-29)17-8-4-3-5-9-17)25-26-21(15-23(31-25)28(34)36-2)20-10-6-7-11-22(20)30-26/h3-14,21,23,25-26,30-31H,15-16H2,1-2H3/t21-,23-,25-,26-/m0/s1. The molecule has 0 amide bonds. The molecule has 194 valence electrons. The Morgan fingerprint density at radius 2 is 1.87 bits per heavy atom. The van der Waals surface area contributed by atoms with Crippen molar-refractivity contribution in [3.05, 3.63) is 89.5 Å². The molecular weight excluding hydrogens is 500 g/mol. The molecule has 2 aliphatic heterocycles. The maximum absolute atomic E-state index is 12.6. The lowest BCUT2D eigenvalue weighted by Crippen LogP contribution is -2.52. The summed E-state index contributed by atoms with van der Waals surface area (Å²) in [7, 11) is 3.11. The Morgan fingerprint density at radius 1 is 1.05 bits per heavy atom. The van der Waals surface area contributed by atoms with Gasteiger partial charge in [-0.1, -0.05) is 54.2 Å². The van der Waals surface area contributed by atoms with E-state index in [0.717, 1.165) is 28.1 Å². The molecule has 0 saturated carbocycles. The molecule has 9 heteroatoms. The number of nitrogens with one attached hydrogen (secondary N) is 2. The maximum atomic E-state index is 12.6. The molecule has 2 N–H and O–H groups in total. The van der Waals surface area contributed by atoms with E-state index < -0.39 is 6.04 Å². The first-order valence-electron chi connectivity index (χ1n) is 12.5. The third kappa shape index (κ3) is 4.63. The van der Waals surface area contributed by atoms with Gasteiger partial charge in [-0.05, 0) is 47.9 Å². The van der Waals surface area contributed by atoms with E-state index in [1.54, 1.807) is 7.11 Å². The fourth-order valence-corrected chi connectivity index (χ4v) is 6.22. The molecule has 1 fully saturated rings. The number of nitrogens with zero attached hydrogens (tertiary/aromatic N) is 2. The fraction of sp³-hybridized carbons (Fsp3) is 0.276. The van der Waals surface area contributed by atoms with Gasteiger partial charge in [-0.3, -0.25) is 10.1 Å². The first-order chi connectivity index (χ1) is 18.6. The van der Waals surface area contributed by atoms with Gasteiger partial charge in [-0.15, -0.1) is 10.2 Å². The predicted octanol–water partition coefficient (Wildman–Crippen LogP) is 5.19. The Bertz CT molecular complexity index is 1440. The van der Waals surface area contributed by atoms with E-state index in [1.165, 1.54) is 24.4 Å². The summed E-state index contributed by atoms with van der Waals surface area (Å²) in [6, 6.07) is 23.8. The predicted molar refractivity (Wildman–Crippen MR) is 145 cm³/mol. The van der Waals surface area contributed by atoms with Gasteiger partial charge in [0.25, 0.3) is 5.22 Å². The number of esters is 1. The third-order valence-electron chi connectivity index (χ3n) is 7.27. The second-order valence-corrected chi connectivity index (χ2v) is 10.3. The zero-order chi connectivity index (χ0) is 26.1. The number of aromatic nitrogens is 2. The van der Waals surface area contributed by atoms with E-state index in [-0.39, 0.29) is 24.0 Å². The summed E-state index contributed by atoms with van der Waals surface area (Å²) >= 11 is 1.46. The Morgan fingerprint density at radius 3 is 2.68 bits per heavy atom. The molecule has 0 aliphatic carbocycles. The zero-order valence-corrected chi connectivity index (χ0v) is 21.9. The van der Waals surface area contributed by atoms with Crippen LogP contribution in [0, 0.1) is 0 Å². The molecule has 2 aliphatic rings. The summed E-state index contributed by atoms with van der Waals surface area (Å²) in [5.41, 5.74) is 5.32. The van der Waals surface area contributed by atoms with Crippen LogP contribution in [0.1, 0.15) is 35.1 Å². The van der Waals surface area contributed by atoms with Crippen molar-refractivity contribution in [2.45, 2.75) is 41.4 Å². The van der Waals surface area contributed by atoms with E-state index in [9.17, 15) is 4.79 Å². The molecule has 1 aromatic heterocycles. The van der Waals surface area contributed by atoms with Crippen LogP contribution in [0.15, 0.2) is 82.4 Å². The molecule has 0 bridgehead atoms. The number of anilines is 1. The minimum Gasteiger partial charge on any atom is -0.496 e. The molecule has 1 saturated heterocycles. The van der Waals surface area contributed by atoms with Gasteiger partial charge in [-0.2, -0.15) is 0 Å². The van der Waals surface area contributed by atoms with Gasteiger partial charge in [0.2, 0.25) is 5.89 Å². The number of para-hydroxylation sites is 1. The highest BCUT2D eigenvalue weighted by molar-refractivity contribution is 7.98. The Hall–Kier alpha value is -3.82. The number of benzene rings is 3. The molecule has 3 aromatic carbocycles. The summed E-state index contributed by atoms with van der Waals surface area (Å²) < 4.78 is 16.7. The van der Waals surface area contributed by atoms with E-state index in [4.69, 9.17) is 13.9 Å². The van der Waals surface area contributed by atoms with Gasteiger partial charge in [-0.25, -0.2) is 0 Å². The lowest BCUT2D eigenvalue weighted by Gasteiger charge is -2.39. The molecule has 38 heavy (non-hydrogen) atoms. The fourth-order valence-electron chi connectivity index (χ4n) is 5.48. The number of hydrogen-bond donors (Lipinski definition) is 2. The highest BCUT2D eigenvalue weighted by Crippen LogP contribution is 2.46. The average molecular weight is 529 g/mol. The van der Waals surface area contributed by atoms with Crippen LogP contribution in [0.2, 0.25) is 0 Å². The lowest BCUT2D eigenvalue weighted by molar-refractivity contribution is -0.144. The number of hydrogen-bond acceptors (Lipinski definition) is 9. The minimum atomic E-state index is -0.395. The average Bonchev–Trinajstić information content (AvgIpc) is 3.60. The number of thioether (sulfide) groups is 1. The summed E-state index contributed by atoms with van der Waals surface area (Å²) in [6.07, 6.45) is 0.678. The normalized spacial score (nSPS) is 21.7. The molecular formula is C29H28N4O4S. The Kier molecular flexibility index (Phi) is 6.78. The van der Waals surface area contributed by atoms with E-state index >= 15 is 0 Å². The number of carbonyl (C=O) groups is 1. The van der Waals surface area contributed by atoms with Crippen molar-refractivity contribution in [3.8, 4) is 17.2 Å². The number of carbonyl (C=O) groups excluding carboxylic acids is 1. The quantitative estimate of drug-likeness (QED) is 0.248. The molecule has 4 atom stereocenters. The van der Waals surface area contributed by atoms with Crippen LogP contribution >= 0.6 is 11.8 Å². The van der Waals surface area contributed by atoms with Crippen molar-refractivity contribution >= 4 is 23.4 Å². The molecule has 0 radical (unpaired) electrons. The zero-order valence-electron chi connectivity index (χ0n) is 21.1. The number of fused-ring (bicyclic) bond motifs is 3. The van der Waals surface area contributed by atoms with Gasteiger partial charge in [0.15, 0.2) is 0 Å². The van der Waals surface area contributed by atoms with Crippen LogP contribution in [0.3, 0.4) is 0 Å². The monoisotopic (exact) mass is 528 g/mol. The number of ether oxygens (including phenoxy) is 2. The Balaban J connectivity index is 1.26. The summed E-state index contributed by atoms with van der Waals surface area (Å²) in [4.78, 5) is 12.6. The van der Waals surface area contributed by atoms with Crippen molar-refractivity contribution in [2.24, 2.45) is 0 Å². The van der Waals surface area contributed by atoms with Gasteiger partial charge >= 0.3 is 5.97 Å². The van der Waals surface area contributed by atoms with E-state index in [1.807, 2.05) is 42.5 Å². The second kappa shape index (κ2) is 10.5. The summed E-state index contributed by atoms with van der Waals surface area (Å²) in [6.45, 7) is 0. The van der Waals surface area contributed by atoms with Crippen LogP contribution < -0.4 is 15.4 Å². The highest BCUT2D eigenvalue weighted by atomic mass is 32.2. The van der Waals surface area contributed by atoms with Gasteiger partial charge in [0.1, 0.15) is 11.8 Å².